The van der Waals surface area contributed by atoms with Crippen molar-refractivity contribution in [2.45, 2.75) is 13.3 Å². The summed E-state index contributed by atoms with van der Waals surface area (Å²) >= 11 is 0. The number of carbonyl (C=O) groups excluding carboxylic acids is 1. The number of rotatable bonds is 3. The van der Waals surface area contributed by atoms with Gasteiger partial charge in [-0.1, -0.05) is 29.8 Å². The highest BCUT2D eigenvalue weighted by Gasteiger charge is 2.23. The van der Waals surface area contributed by atoms with Gasteiger partial charge in [0, 0.05) is 31.7 Å². The van der Waals surface area contributed by atoms with Gasteiger partial charge in [-0.05, 0) is 25.0 Å². The Bertz CT molecular complexity index is 454. The predicted molar refractivity (Wildman–Crippen MR) is 72.0 cm³/mol. The summed E-state index contributed by atoms with van der Waals surface area (Å²) in [6.45, 7) is 3.63. The van der Waals surface area contributed by atoms with Gasteiger partial charge in [-0.2, -0.15) is 0 Å². The van der Waals surface area contributed by atoms with Gasteiger partial charge < -0.3 is 10.0 Å². The van der Waals surface area contributed by atoms with Crippen LogP contribution in [0.4, 0.5) is 0 Å². The van der Waals surface area contributed by atoms with Gasteiger partial charge in [0.05, 0.1) is 0 Å². The summed E-state index contributed by atoms with van der Waals surface area (Å²) in [6, 6.07) is 8.05. The zero-order chi connectivity index (χ0) is 13.0. The minimum absolute atomic E-state index is 0.0347. The van der Waals surface area contributed by atoms with Crippen molar-refractivity contribution in [2.24, 2.45) is 5.92 Å². The molecule has 0 aromatic heterocycles. The molecule has 1 saturated heterocycles. The van der Waals surface area contributed by atoms with E-state index in [2.05, 4.69) is 0 Å². The minimum atomic E-state index is 0.0347. The molecule has 0 spiro atoms. The van der Waals surface area contributed by atoms with Gasteiger partial charge in [-0.3, -0.25) is 4.79 Å². The molecule has 1 fully saturated rings. The Labute approximate surface area is 108 Å². The lowest BCUT2D eigenvalue weighted by molar-refractivity contribution is -0.125. The van der Waals surface area contributed by atoms with E-state index in [9.17, 15) is 4.79 Å². The van der Waals surface area contributed by atoms with E-state index in [-0.39, 0.29) is 18.4 Å². The normalized spacial score (nSPS) is 19.7. The molecule has 1 aromatic rings. The van der Waals surface area contributed by atoms with Gasteiger partial charge in [0.15, 0.2) is 0 Å². The van der Waals surface area contributed by atoms with E-state index < -0.39 is 0 Å². The minimum Gasteiger partial charge on any atom is -0.396 e. The standard InChI is InChI=1S/C15H19NO2/c1-12-3-2-4-13(9-12)5-6-15(18)16-8-7-14(10-16)11-17/h2-6,9,14,17H,7-8,10-11H2,1H3/b6-5+. The molecule has 1 atom stereocenters. The van der Waals surface area contributed by atoms with Crippen molar-refractivity contribution in [3.8, 4) is 0 Å². The van der Waals surface area contributed by atoms with Crippen LogP contribution in [0, 0.1) is 12.8 Å². The molecule has 0 aliphatic carbocycles. The smallest absolute Gasteiger partial charge is 0.246 e. The average Bonchev–Trinajstić information content (AvgIpc) is 2.85. The molecule has 3 nitrogen and oxygen atoms in total. The van der Waals surface area contributed by atoms with Crippen LogP contribution in [0.2, 0.25) is 0 Å². The van der Waals surface area contributed by atoms with E-state index >= 15 is 0 Å². The lowest BCUT2D eigenvalue weighted by atomic mass is 10.1. The van der Waals surface area contributed by atoms with Crippen molar-refractivity contribution < 1.29 is 9.90 Å². The quantitative estimate of drug-likeness (QED) is 0.826. The number of hydrogen-bond acceptors (Lipinski definition) is 2. The van der Waals surface area contributed by atoms with Crippen molar-refractivity contribution in [3.05, 3.63) is 41.5 Å². The summed E-state index contributed by atoms with van der Waals surface area (Å²) in [4.78, 5) is 13.7. The van der Waals surface area contributed by atoms with E-state index in [0.717, 1.165) is 18.5 Å². The maximum absolute atomic E-state index is 11.9. The second-order valence-corrected chi connectivity index (χ2v) is 4.87. The first-order valence-corrected chi connectivity index (χ1v) is 6.33. The molecule has 0 bridgehead atoms. The zero-order valence-electron chi connectivity index (χ0n) is 10.7. The number of carbonyl (C=O) groups is 1. The van der Waals surface area contributed by atoms with Crippen molar-refractivity contribution >= 4 is 12.0 Å². The Morgan fingerprint density at radius 1 is 1.56 bits per heavy atom. The third-order valence-electron chi connectivity index (χ3n) is 3.32. The molecule has 1 amide bonds. The van der Waals surface area contributed by atoms with E-state index in [0.29, 0.717) is 6.54 Å². The van der Waals surface area contributed by atoms with Gasteiger partial charge >= 0.3 is 0 Å². The second-order valence-electron chi connectivity index (χ2n) is 4.87. The zero-order valence-corrected chi connectivity index (χ0v) is 10.7. The molecule has 2 rings (SSSR count). The molecular formula is C15H19NO2. The Morgan fingerprint density at radius 3 is 3.06 bits per heavy atom. The molecular weight excluding hydrogens is 226 g/mol. The number of aryl methyl sites for hydroxylation is 1. The van der Waals surface area contributed by atoms with Crippen LogP contribution in [0.5, 0.6) is 0 Å². The van der Waals surface area contributed by atoms with Crippen LogP contribution in [-0.4, -0.2) is 35.6 Å². The largest absolute Gasteiger partial charge is 0.396 e. The van der Waals surface area contributed by atoms with E-state index in [4.69, 9.17) is 5.11 Å². The Kier molecular flexibility index (Phi) is 4.15. The molecule has 1 aliphatic heterocycles. The molecule has 18 heavy (non-hydrogen) atoms. The summed E-state index contributed by atoms with van der Waals surface area (Å²) in [5, 5.41) is 9.05. The third-order valence-corrected chi connectivity index (χ3v) is 3.32. The molecule has 3 heteroatoms. The molecule has 1 heterocycles. The predicted octanol–water partition coefficient (Wildman–Crippen LogP) is 1.85. The molecule has 0 saturated carbocycles. The Hall–Kier alpha value is -1.61. The van der Waals surface area contributed by atoms with Crippen LogP contribution in [0.15, 0.2) is 30.3 Å². The SMILES string of the molecule is Cc1cccc(/C=C/C(=O)N2CCC(CO)C2)c1. The number of aliphatic hydroxyl groups is 1. The van der Waals surface area contributed by atoms with Crippen molar-refractivity contribution in [3.63, 3.8) is 0 Å². The fourth-order valence-corrected chi connectivity index (χ4v) is 2.23. The first-order valence-electron chi connectivity index (χ1n) is 6.33. The van der Waals surface area contributed by atoms with Crippen molar-refractivity contribution in [1.29, 1.82) is 0 Å². The monoisotopic (exact) mass is 245 g/mol. The molecule has 0 radical (unpaired) electrons. The summed E-state index contributed by atoms with van der Waals surface area (Å²) in [5.74, 6) is 0.286. The van der Waals surface area contributed by atoms with Gasteiger partial charge in [0.1, 0.15) is 0 Å². The highest BCUT2D eigenvalue weighted by molar-refractivity contribution is 5.91. The summed E-state index contributed by atoms with van der Waals surface area (Å²) in [5.41, 5.74) is 2.23. The lowest BCUT2D eigenvalue weighted by Crippen LogP contribution is -2.27. The summed E-state index contributed by atoms with van der Waals surface area (Å²) in [6.07, 6.45) is 4.37. The van der Waals surface area contributed by atoms with E-state index in [1.807, 2.05) is 37.3 Å². The maximum Gasteiger partial charge on any atom is 0.246 e. The van der Waals surface area contributed by atoms with Crippen molar-refractivity contribution in [1.82, 2.24) is 4.90 Å². The molecule has 1 aliphatic rings. The van der Waals surface area contributed by atoms with Crippen LogP contribution in [0.1, 0.15) is 17.5 Å². The van der Waals surface area contributed by atoms with Crippen LogP contribution >= 0.6 is 0 Å². The second kappa shape index (κ2) is 5.83. The molecule has 96 valence electrons. The van der Waals surface area contributed by atoms with Crippen molar-refractivity contribution in [2.75, 3.05) is 19.7 Å². The van der Waals surface area contributed by atoms with Crippen LogP contribution in [-0.2, 0) is 4.79 Å². The number of benzene rings is 1. The fourth-order valence-electron chi connectivity index (χ4n) is 2.23. The van der Waals surface area contributed by atoms with E-state index in [1.54, 1.807) is 11.0 Å². The van der Waals surface area contributed by atoms with Gasteiger partial charge in [-0.15, -0.1) is 0 Å². The maximum atomic E-state index is 11.9. The highest BCUT2D eigenvalue weighted by atomic mass is 16.3. The molecule has 1 unspecified atom stereocenters. The topological polar surface area (TPSA) is 40.5 Å². The number of amides is 1. The van der Waals surface area contributed by atoms with Gasteiger partial charge in [0.2, 0.25) is 5.91 Å². The number of hydrogen-bond donors (Lipinski definition) is 1. The van der Waals surface area contributed by atoms with Crippen LogP contribution in [0.25, 0.3) is 6.08 Å². The Morgan fingerprint density at radius 2 is 2.39 bits per heavy atom. The molecule has 1 aromatic carbocycles. The van der Waals surface area contributed by atoms with E-state index in [1.165, 1.54) is 5.56 Å². The fraction of sp³-hybridized carbons (Fsp3) is 0.400. The highest BCUT2D eigenvalue weighted by Crippen LogP contribution is 2.16. The Balaban J connectivity index is 1.95. The van der Waals surface area contributed by atoms with Crippen LogP contribution < -0.4 is 0 Å². The first-order chi connectivity index (χ1) is 8.69. The summed E-state index contributed by atoms with van der Waals surface area (Å²) < 4.78 is 0. The van der Waals surface area contributed by atoms with Gasteiger partial charge in [-0.25, -0.2) is 0 Å². The van der Waals surface area contributed by atoms with Crippen LogP contribution in [0.3, 0.4) is 0 Å². The average molecular weight is 245 g/mol. The van der Waals surface area contributed by atoms with Gasteiger partial charge in [0.25, 0.3) is 0 Å². The summed E-state index contributed by atoms with van der Waals surface area (Å²) in [7, 11) is 0. The number of aliphatic hydroxyl groups excluding tert-OH is 1. The molecule has 1 N–H and O–H groups in total. The lowest BCUT2D eigenvalue weighted by Gasteiger charge is -2.13. The number of nitrogens with zero attached hydrogens (tertiary/aromatic N) is 1. The first kappa shape index (κ1) is 12.8. The number of likely N-dealkylation sites (tertiary alicyclic amines) is 1. The third kappa shape index (κ3) is 3.20.